The number of benzene rings is 4. The number of amides is 1. The van der Waals surface area contributed by atoms with Gasteiger partial charge in [-0.15, -0.1) is 0 Å². The largest absolute Gasteiger partial charge is 0.467 e. The van der Waals surface area contributed by atoms with Crippen molar-refractivity contribution in [3.8, 4) is 0 Å². The van der Waals surface area contributed by atoms with Crippen LogP contribution in [0, 0.1) is 0 Å². The van der Waals surface area contributed by atoms with E-state index in [0.717, 1.165) is 5.56 Å². The van der Waals surface area contributed by atoms with Crippen LogP contribution in [0.1, 0.15) is 31.8 Å². The third kappa shape index (κ3) is 4.95. The number of aromatic nitrogens is 1. The molecule has 182 valence electrons. The van der Waals surface area contributed by atoms with E-state index in [4.69, 9.17) is 4.74 Å². The first-order valence-corrected chi connectivity index (χ1v) is 11.9. The molecule has 0 fully saturated rings. The average molecular weight is 489 g/mol. The number of nitrogens with zero attached hydrogens (tertiary/aromatic N) is 1. The molecule has 0 saturated heterocycles. The molecule has 37 heavy (non-hydrogen) atoms. The Hall–Kier alpha value is -4.84. The number of ether oxygens (including phenoxy) is 1. The van der Waals surface area contributed by atoms with E-state index < -0.39 is 12.0 Å². The SMILES string of the molecule is COC(=O)[C@@H](Cc1ccc(C(=O)c2ccccc2)cc1)NC(=O)c1c2ccccc2nc2ccccc12. The lowest BCUT2D eigenvalue weighted by molar-refractivity contribution is -0.142. The molecule has 6 nitrogen and oxygen atoms in total. The van der Waals surface area contributed by atoms with Gasteiger partial charge in [0.15, 0.2) is 5.78 Å². The zero-order valence-electron chi connectivity index (χ0n) is 20.2. The molecule has 0 aliphatic carbocycles. The van der Waals surface area contributed by atoms with Gasteiger partial charge in [0.05, 0.1) is 23.7 Å². The second-order valence-electron chi connectivity index (χ2n) is 8.67. The standard InChI is InChI=1S/C31H24N2O4/c1-37-31(36)27(19-20-15-17-22(18-16-20)29(34)21-9-3-2-4-10-21)33-30(35)28-23-11-5-7-13-25(23)32-26-14-8-6-12-24(26)28/h2-18,27H,19H2,1H3,(H,33,35)/t27-/m1/s1. The lowest BCUT2D eigenvalue weighted by Crippen LogP contribution is -2.43. The van der Waals surface area contributed by atoms with E-state index >= 15 is 0 Å². The topological polar surface area (TPSA) is 85.4 Å². The Bertz CT molecular complexity index is 1560. The molecule has 1 amide bonds. The number of hydrogen-bond donors (Lipinski definition) is 1. The normalized spacial score (nSPS) is 11.7. The zero-order chi connectivity index (χ0) is 25.8. The third-order valence-corrected chi connectivity index (χ3v) is 6.30. The van der Waals surface area contributed by atoms with Gasteiger partial charge in [0.25, 0.3) is 5.91 Å². The average Bonchev–Trinajstić information content (AvgIpc) is 2.95. The van der Waals surface area contributed by atoms with E-state index in [1.807, 2.05) is 66.7 Å². The summed E-state index contributed by atoms with van der Waals surface area (Å²) in [4.78, 5) is 43.6. The first-order chi connectivity index (χ1) is 18.0. The van der Waals surface area contributed by atoms with Crippen LogP contribution >= 0.6 is 0 Å². The molecule has 5 aromatic rings. The molecule has 0 aliphatic heterocycles. The van der Waals surface area contributed by atoms with Crippen molar-refractivity contribution in [1.29, 1.82) is 0 Å². The van der Waals surface area contributed by atoms with Gasteiger partial charge in [-0.3, -0.25) is 9.59 Å². The molecule has 0 unspecified atom stereocenters. The second-order valence-corrected chi connectivity index (χ2v) is 8.67. The van der Waals surface area contributed by atoms with Crippen LogP contribution in [0.5, 0.6) is 0 Å². The maximum Gasteiger partial charge on any atom is 0.328 e. The van der Waals surface area contributed by atoms with Crippen LogP contribution in [0.25, 0.3) is 21.8 Å². The van der Waals surface area contributed by atoms with Crippen LogP contribution in [0.3, 0.4) is 0 Å². The number of hydrogen-bond acceptors (Lipinski definition) is 5. The number of para-hydroxylation sites is 2. The summed E-state index contributed by atoms with van der Waals surface area (Å²) < 4.78 is 5.00. The van der Waals surface area contributed by atoms with Crippen LogP contribution < -0.4 is 5.32 Å². The predicted octanol–water partition coefficient (Wildman–Crippen LogP) is 5.13. The van der Waals surface area contributed by atoms with Gasteiger partial charge in [0.2, 0.25) is 0 Å². The summed E-state index contributed by atoms with van der Waals surface area (Å²) in [6, 6.07) is 30.0. The smallest absolute Gasteiger partial charge is 0.328 e. The van der Waals surface area contributed by atoms with Crippen molar-refractivity contribution in [3.05, 3.63) is 125 Å². The van der Waals surface area contributed by atoms with Crippen molar-refractivity contribution in [3.63, 3.8) is 0 Å². The molecule has 0 spiro atoms. The number of pyridine rings is 1. The minimum Gasteiger partial charge on any atom is -0.467 e. The molecule has 1 heterocycles. The van der Waals surface area contributed by atoms with E-state index in [9.17, 15) is 14.4 Å². The van der Waals surface area contributed by atoms with Crippen LogP contribution in [-0.4, -0.2) is 35.8 Å². The van der Waals surface area contributed by atoms with Crippen molar-refractivity contribution in [2.45, 2.75) is 12.5 Å². The first kappa shape index (κ1) is 23.9. The maximum absolute atomic E-state index is 13.6. The Labute approximate surface area is 213 Å². The number of methoxy groups -OCH3 is 1. The molecular weight excluding hydrogens is 464 g/mol. The van der Waals surface area contributed by atoms with E-state index in [0.29, 0.717) is 38.5 Å². The Kier molecular flexibility index (Phi) is 6.72. The fraction of sp³-hybridized carbons (Fsp3) is 0.0968. The molecule has 1 aromatic heterocycles. The Morgan fingerprint density at radius 2 is 1.27 bits per heavy atom. The molecule has 1 N–H and O–H groups in total. The molecule has 1 atom stereocenters. The summed E-state index contributed by atoms with van der Waals surface area (Å²) in [5.74, 6) is -1.03. The number of rotatable bonds is 7. The number of carbonyl (C=O) groups excluding carboxylic acids is 3. The van der Waals surface area contributed by atoms with Gasteiger partial charge in [0.1, 0.15) is 6.04 Å². The molecule has 4 aromatic carbocycles. The Balaban J connectivity index is 1.42. The second kappa shape index (κ2) is 10.4. The Morgan fingerprint density at radius 3 is 1.86 bits per heavy atom. The van der Waals surface area contributed by atoms with Crippen molar-refractivity contribution < 1.29 is 19.1 Å². The molecular formula is C31H24N2O4. The highest BCUT2D eigenvalue weighted by Crippen LogP contribution is 2.26. The predicted molar refractivity (Wildman–Crippen MR) is 143 cm³/mol. The highest BCUT2D eigenvalue weighted by Gasteiger charge is 2.25. The summed E-state index contributed by atoms with van der Waals surface area (Å²) in [6.45, 7) is 0. The van der Waals surface area contributed by atoms with Gasteiger partial charge in [-0.05, 0) is 17.7 Å². The van der Waals surface area contributed by atoms with Crippen LogP contribution in [0.4, 0.5) is 0 Å². The fourth-order valence-electron chi connectivity index (χ4n) is 4.43. The number of esters is 1. The summed E-state index contributed by atoms with van der Waals surface area (Å²) in [6.07, 6.45) is 0.208. The molecule has 0 saturated carbocycles. The van der Waals surface area contributed by atoms with E-state index in [2.05, 4.69) is 10.3 Å². The van der Waals surface area contributed by atoms with Gasteiger partial charge in [-0.25, -0.2) is 9.78 Å². The summed E-state index contributed by atoms with van der Waals surface area (Å²) >= 11 is 0. The minimum absolute atomic E-state index is 0.0820. The van der Waals surface area contributed by atoms with Crippen LogP contribution in [0.2, 0.25) is 0 Å². The molecule has 0 radical (unpaired) electrons. The van der Waals surface area contributed by atoms with Gasteiger partial charge < -0.3 is 10.1 Å². The minimum atomic E-state index is -0.918. The molecule has 0 bridgehead atoms. The van der Waals surface area contributed by atoms with Crippen molar-refractivity contribution >= 4 is 39.5 Å². The highest BCUT2D eigenvalue weighted by atomic mass is 16.5. The van der Waals surface area contributed by atoms with Gasteiger partial charge in [-0.2, -0.15) is 0 Å². The first-order valence-electron chi connectivity index (χ1n) is 11.9. The fourth-order valence-corrected chi connectivity index (χ4v) is 4.43. The van der Waals surface area contributed by atoms with Gasteiger partial charge in [-0.1, -0.05) is 91.0 Å². The molecule has 0 aliphatic rings. The Morgan fingerprint density at radius 1 is 0.730 bits per heavy atom. The van der Waals surface area contributed by atoms with E-state index in [1.165, 1.54) is 7.11 Å². The van der Waals surface area contributed by atoms with E-state index in [-0.39, 0.29) is 18.1 Å². The quantitative estimate of drug-likeness (QED) is 0.195. The lowest BCUT2D eigenvalue weighted by Gasteiger charge is -2.18. The maximum atomic E-state index is 13.6. The third-order valence-electron chi connectivity index (χ3n) is 6.30. The molecule has 6 heteroatoms. The van der Waals surface area contributed by atoms with Gasteiger partial charge in [0, 0.05) is 28.3 Å². The summed E-state index contributed by atoms with van der Waals surface area (Å²) in [7, 11) is 1.29. The number of carbonyl (C=O) groups is 3. The zero-order valence-corrected chi connectivity index (χ0v) is 20.2. The van der Waals surface area contributed by atoms with E-state index in [1.54, 1.807) is 36.4 Å². The summed E-state index contributed by atoms with van der Waals surface area (Å²) in [5, 5.41) is 4.27. The number of nitrogens with one attached hydrogen (secondary N) is 1. The lowest BCUT2D eigenvalue weighted by atomic mass is 9.98. The number of ketones is 1. The monoisotopic (exact) mass is 488 g/mol. The van der Waals surface area contributed by atoms with Crippen LogP contribution in [-0.2, 0) is 16.0 Å². The number of fused-ring (bicyclic) bond motifs is 2. The highest BCUT2D eigenvalue weighted by molar-refractivity contribution is 6.16. The van der Waals surface area contributed by atoms with Crippen molar-refractivity contribution in [1.82, 2.24) is 10.3 Å². The van der Waals surface area contributed by atoms with Crippen molar-refractivity contribution in [2.75, 3.05) is 7.11 Å². The van der Waals surface area contributed by atoms with Crippen LogP contribution in [0.15, 0.2) is 103 Å². The van der Waals surface area contributed by atoms with Gasteiger partial charge >= 0.3 is 5.97 Å². The van der Waals surface area contributed by atoms with Crippen molar-refractivity contribution in [2.24, 2.45) is 0 Å². The summed E-state index contributed by atoms with van der Waals surface area (Å²) in [5.41, 5.74) is 3.78. The molecule has 5 rings (SSSR count).